The molecule has 0 saturated heterocycles. The average molecular weight is 807 g/mol. The Hall–Kier alpha value is -2.48. The molecule has 0 nitrogen and oxygen atoms in total. The van der Waals surface area contributed by atoms with Gasteiger partial charge in [-0.15, -0.1) is 16.7 Å². The molecule has 2 radical (unpaired) electrons. The summed E-state index contributed by atoms with van der Waals surface area (Å²) in [6.45, 7) is 20.7. The van der Waals surface area contributed by atoms with E-state index in [2.05, 4.69) is 171 Å². The topological polar surface area (TPSA) is 0 Å². The molecule has 4 heteroatoms. The molecule has 5 aromatic rings. The Bertz CT molecular complexity index is 1960. The molecule has 0 heterocycles. The van der Waals surface area contributed by atoms with Gasteiger partial charge in [0, 0.05) is 15.4 Å². The van der Waals surface area contributed by atoms with Gasteiger partial charge in [-0.3, -0.25) is 0 Å². The second-order valence-corrected chi connectivity index (χ2v) is 16.9. The van der Waals surface area contributed by atoms with Crippen LogP contribution in [0.1, 0.15) is 106 Å². The fraction of sp³-hybridized carbons (Fsp3) is 0.319. The fourth-order valence-corrected chi connectivity index (χ4v) is 7.39. The molecule has 0 amide bonds. The summed E-state index contributed by atoms with van der Waals surface area (Å²) in [4.78, 5) is 0. The summed E-state index contributed by atoms with van der Waals surface area (Å²) >= 11 is 0. The van der Waals surface area contributed by atoms with Crippen LogP contribution in [0.5, 0.6) is 0 Å². The molecule has 2 aliphatic rings. The van der Waals surface area contributed by atoms with Gasteiger partial charge in [-0.2, -0.15) is 17.7 Å². The molecular formula is C47H52Cl2SiZr. The average Bonchev–Trinajstić information content (AvgIpc) is 3.62. The molecule has 0 spiro atoms. The molecule has 0 aliphatic heterocycles. The molecule has 0 fully saturated rings. The van der Waals surface area contributed by atoms with Gasteiger partial charge in [0.25, 0.3) is 0 Å². The summed E-state index contributed by atoms with van der Waals surface area (Å²) in [5, 5.41) is 0. The Morgan fingerprint density at radius 1 is 0.686 bits per heavy atom. The maximum Gasteiger partial charge on any atom is 3.00 e. The number of rotatable bonds is 5. The molecule has 7 rings (SSSR count). The summed E-state index contributed by atoms with van der Waals surface area (Å²) in [7, 11) is 0.750. The number of hydrogen-bond donors (Lipinski definition) is 0. The third kappa shape index (κ3) is 8.84. The van der Waals surface area contributed by atoms with Crippen LogP contribution in [0.25, 0.3) is 39.5 Å². The van der Waals surface area contributed by atoms with Crippen molar-refractivity contribution in [3.05, 3.63) is 148 Å². The minimum Gasteiger partial charge on any atom is -1.00 e. The maximum absolute atomic E-state index is 4.08. The summed E-state index contributed by atoms with van der Waals surface area (Å²) in [5.41, 5.74) is 19.4. The van der Waals surface area contributed by atoms with Crippen LogP contribution >= 0.6 is 0 Å². The largest absolute Gasteiger partial charge is 3.00 e. The van der Waals surface area contributed by atoms with Crippen LogP contribution in [-0.4, -0.2) is 9.52 Å². The normalized spacial score (nSPS) is 14.0. The van der Waals surface area contributed by atoms with Crippen LogP contribution in [0.2, 0.25) is 13.1 Å². The molecular weight excluding hydrogens is 755 g/mol. The van der Waals surface area contributed by atoms with Gasteiger partial charge >= 0.3 is 26.2 Å². The third-order valence-corrected chi connectivity index (χ3v) is 9.93. The zero-order valence-corrected chi connectivity index (χ0v) is 37.0. The van der Waals surface area contributed by atoms with Crippen LogP contribution in [0.3, 0.4) is 0 Å². The standard InChI is InChI=1S/C45H45.C2H7Si.2ClH.Zr/c1-8-13-33-25-39-36(31-20-18-30(19-21-31)29-14-10-9-11-15-29)16-12-17-37(39)43(33)42-28-35(45(5,6)7)27-41-38-26-34(44(2,3)4)23-22-32(38)24-40(41)42;1-3-2;;;/h9-12,14-23,25-27,43H,8,13,24H2,1-7H3;3H,1-2H3;2*1H;/q-1;;;;+3/p-2. The quantitative estimate of drug-likeness (QED) is 0.132. The van der Waals surface area contributed by atoms with E-state index in [0.717, 1.165) is 28.8 Å². The Balaban J connectivity index is 0.00000113. The number of fused-ring (bicyclic) bond motifs is 4. The molecule has 0 N–H and O–H groups in total. The van der Waals surface area contributed by atoms with Crippen LogP contribution in [0.4, 0.5) is 0 Å². The van der Waals surface area contributed by atoms with Crippen molar-refractivity contribution in [1.82, 2.24) is 0 Å². The van der Waals surface area contributed by atoms with Crippen LogP contribution < -0.4 is 24.8 Å². The van der Waals surface area contributed by atoms with Gasteiger partial charge in [0.1, 0.15) is 0 Å². The van der Waals surface area contributed by atoms with Gasteiger partial charge < -0.3 is 24.8 Å². The van der Waals surface area contributed by atoms with E-state index in [-0.39, 0.29) is 67.8 Å². The van der Waals surface area contributed by atoms with Gasteiger partial charge in [-0.05, 0) is 73.7 Å². The zero-order chi connectivity index (χ0) is 34.2. The molecule has 0 bridgehead atoms. The first-order chi connectivity index (χ1) is 22.9. The van der Waals surface area contributed by atoms with Gasteiger partial charge in [-0.25, -0.2) is 0 Å². The van der Waals surface area contributed by atoms with E-state index < -0.39 is 0 Å². The van der Waals surface area contributed by atoms with Crippen molar-refractivity contribution >= 4 is 15.6 Å². The Morgan fingerprint density at radius 2 is 1.31 bits per heavy atom. The first-order valence-corrected chi connectivity index (χ1v) is 20.2. The van der Waals surface area contributed by atoms with Crippen molar-refractivity contribution in [3.63, 3.8) is 0 Å². The number of allylic oxidation sites excluding steroid dienone is 1. The van der Waals surface area contributed by atoms with Crippen LogP contribution in [0.15, 0.2) is 103 Å². The van der Waals surface area contributed by atoms with E-state index in [9.17, 15) is 0 Å². The molecule has 1 unspecified atom stereocenters. The number of halogens is 2. The summed E-state index contributed by atoms with van der Waals surface area (Å²) in [6.07, 6.45) is 5.73. The van der Waals surface area contributed by atoms with Crippen molar-refractivity contribution in [2.24, 2.45) is 0 Å². The molecule has 262 valence electrons. The van der Waals surface area contributed by atoms with E-state index in [0.29, 0.717) is 0 Å². The Kier molecular flexibility index (Phi) is 14.8. The van der Waals surface area contributed by atoms with Crippen molar-refractivity contribution in [1.29, 1.82) is 0 Å². The SMILES string of the molecule is CCCC1=Cc2c(-c3ccc(-c4ccccc4)cc3)cccc2C1c1[c-]c(C(C)(C)C)cc2c1Cc1ccc(C(C)(C)C)cc1-2.C[SiH]C.[Cl-].[Cl-].[Zr+3]. The third-order valence-electron chi connectivity index (χ3n) is 9.93. The second-order valence-electron chi connectivity index (χ2n) is 15.8. The first kappa shape index (κ1) is 42.9. The van der Waals surface area contributed by atoms with Crippen molar-refractivity contribution < 1.29 is 51.0 Å². The fourth-order valence-electron chi connectivity index (χ4n) is 7.39. The Morgan fingerprint density at radius 3 is 1.92 bits per heavy atom. The summed E-state index contributed by atoms with van der Waals surface area (Å²) in [5.74, 6) is 0.232. The molecule has 0 aromatic heterocycles. The van der Waals surface area contributed by atoms with E-state index >= 15 is 0 Å². The Labute approximate surface area is 342 Å². The van der Waals surface area contributed by atoms with E-state index in [1.54, 1.807) is 0 Å². The first-order valence-electron chi connectivity index (χ1n) is 17.9. The molecule has 5 aromatic carbocycles. The smallest absolute Gasteiger partial charge is 1.00 e. The predicted molar refractivity (Wildman–Crippen MR) is 212 cm³/mol. The second kappa shape index (κ2) is 17.6. The van der Waals surface area contributed by atoms with Crippen molar-refractivity contribution in [2.75, 3.05) is 0 Å². The van der Waals surface area contributed by atoms with Gasteiger partial charge in [0.15, 0.2) is 0 Å². The zero-order valence-electron chi connectivity index (χ0n) is 31.8. The van der Waals surface area contributed by atoms with Gasteiger partial charge in [0.2, 0.25) is 0 Å². The molecule has 2 aliphatic carbocycles. The van der Waals surface area contributed by atoms with Gasteiger partial charge in [-0.1, -0.05) is 171 Å². The number of hydrogen-bond acceptors (Lipinski definition) is 0. The van der Waals surface area contributed by atoms with E-state index in [1.807, 2.05) is 0 Å². The molecule has 51 heavy (non-hydrogen) atoms. The van der Waals surface area contributed by atoms with Crippen LogP contribution in [0, 0.1) is 6.07 Å². The predicted octanol–water partition coefficient (Wildman–Crippen LogP) is 6.84. The minimum absolute atomic E-state index is 0. The minimum atomic E-state index is 0. The molecule has 1 atom stereocenters. The van der Waals surface area contributed by atoms with Crippen LogP contribution in [-0.2, 0) is 43.5 Å². The van der Waals surface area contributed by atoms with Gasteiger partial charge in [0.05, 0.1) is 0 Å². The summed E-state index contributed by atoms with van der Waals surface area (Å²) in [6, 6.07) is 40.5. The van der Waals surface area contributed by atoms with E-state index in [4.69, 9.17) is 0 Å². The van der Waals surface area contributed by atoms with E-state index in [1.165, 1.54) is 77.9 Å². The van der Waals surface area contributed by atoms with Crippen molar-refractivity contribution in [3.8, 4) is 33.4 Å². The maximum atomic E-state index is 4.08. The van der Waals surface area contributed by atoms with Crippen molar-refractivity contribution in [2.45, 2.75) is 97.6 Å². The molecule has 0 saturated carbocycles. The number of benzene rings is 5. The monoisotopic (exact) mass is 804 g/mol. The summed E-state index contributed by atoms with van der Waals surface area (Å²) < 4.78 is 0.